The summed E-state index contributed by atoms with van der Waals surface area (Å²) in [5.41, 5.74) is 2.06. The van der Waals surface area contributed by atoms with Crippen LogP contribution < -0.4 is 4.90 Å². The van der Waals surface area contributed by atoms with Crippen LogP contribution in [0, 0.1) is 0 Å². The number of anilines is 1. The Morgan fingerprint density at radius 3 is 3.12 bits per heavy atom. The van der Waals surface area contributed by atoms with Gasteiger partial charge in [0.1, 0.15) is 0 Å². The lowest BCUT2D eigenvalue weighted by Crippen LogP contribution is -2.37. The number of carbonyl (C=O) groups is 1. The SMILES string of the molecule is CC(C)OC(=O)N1CCCc2cnccc21. The first-order chi connectivity index (χ1) is 7.68. The van der Waals surface area contributed by atoms with Crippen LogP contribution in [0.25, 0.3) is 0 Å². The maximum absolute atomic E-state index is 11.9. The molecule has 0 aliphatic carbocycles. The Morgan fingerprint density at radius 1 is 1.56 bits per heavy atom. The van der Waals surface area contributed by atoms with Gasteiger partial charge in [-0.2, -0.15) is 0 Å². The Hall–Kier alpha value is -1.58. The Kier molecular flexibility index (Phi) is 3.08. The van der Waals surface area contributed by atoms with Gasteiger partial charge in [-0.25, -0.2) is 4.79 Å². The summed E-state index contributed by atoms with van der Waals surface area (Å²) in [6.07, 6.45) is 5.13. The molecule has 1 aromatic rings. The number of amides is 1. The fourth-order valence-electron chi connectivity index (χ4n) is 1.88. The number of fused-ring (bicyclic) bond motifs is 1. The van der Waals surface area contributed by atoms with Crippen molar-refractivity contribution >= 4 is 11.8 Å². The van der Waals surface area contributed by atoms with Crippen molar-refractivity contribution < 1.29 is 9.53 Å². The second kappa shape index (κ2) is 4.51. The van der Waals surface area contributed by atoms with E-state index in [1.807, 2.05) is 26.1 Å². The van der Waals surface area contributed by atoms with Gasteiger partial charge in [0.2, 0.25) is 0 Å². The van der Waals surface area contributed by atoms with Crippen molar-refractivity contribution in [2.75, 3.05) is 11.4 Å². The van der Waals surface area contributed by atoms with Crippen LogP contribution in [-0.2, 0) is 11.2 Å². The average molecular weight is 220 g/mol. The van der Waals surface area contributed by atoms with Gasteiger partial charge in [0, 0.05) is 18.9 Å². The molecular weight excluding hydrogens is 204 g/mol. The smallest absolute Gasteiger partial charge is 0.414 e. The quantitative estimate of drug-likeness (QED) is 0.729. The summed E-state index contributed by atoms with van der Waals surface area (Å²) >= 11 is 0. The van der Waals surface area contributed by atoms with Crippen LogP contribution in [0.3, 0.4) is 0 Å². The maximum atomic E-state index is 11.9. The summed E-state index contributed by atoms with van der Waals surface area (Å²) in [4.78, 5) is 17.6. The number of ether oxygens (including phenoxy) is 1. The molecule has 2 heterocycles. The average Bonchev–Trinajstić information content (AvgIpc) is 2.27. The molecule has 0 unspecified atom stereocenters. The summed E-state index contributed by atoms with van der Waals surface area (Å²) in [5, 5.41) is 0. The topological polar surface area (TPSA) is 42.4 Å². The molecule has 0 bridgehead atoms. The van der Waals surface area contributed by atoms with Gasteiger partial charge < -0.3 is 4.74 Å². The zero-order chi connectivity index (χ0) is 11.5. The minimum Gasteiger partial charge on any atom is -0.446 e. The van der Waals surface area contributed by atoms with Crippen LogP contribution in [0.4, 0.5) is 10.5 Å². The molecule has 0 saturated heterocycles. The van der Waals surface area contributed by atoms with Crippen molar-refractivity contribution in [3.05, 3.63) is 24.0 Å². The second-order valence-electron chi connectivity index (χ2n) is 4.19. The van der Waals surface area contributed by atoms with Crippen molar-refractivity contribution in [3.8, 4) is 0 Å². The Bertz CT molecular complexity index is 390. The van der Waals surface area contributed by atoms with Crippen molar-refractivity contribution in [1.29, 1.82) is 0 Å². The molecule has 0 spiro atoms. The van der Waals surface area contributed by atoms with E-state index in [1.165, 1.54) is 0 Å². The van der Waals surface area contributed by atoms with Gasteiger partial charge in [-0.15, -0.1) is 0 Å². The lowest BCUT2D eigenvalue weighted by atomic mass is 10.1. The summed E-state index contributed by atoms with van der Waals surface area (Å²) in [6.45, 7) is 4.44. The zero-order valence-electron chi connectivity index (χ0n) is 9.64. The fraction of sp³-hybridized carbons (Fsp3) is 0.500. The minimum atomic E-state index is -0.262. The van der Waals surface area contributed by atoms with Gasteiger partial charge in [-0.1, -0.05) is 0 Å². The first-order valence-electron chi connectivity index (χ1n) is 5.59. The van der Waals surface area contributed by atoms with Gasteiger partial charge >= 0.3 is 6.09 Å². The van der Waals surface area contributed by atoms with Crippen LogP contribution in [0.2, 0.25) is 0 Å². The number of rotatable bonds is 1. The summed E-state index contributed by atoms with van der Waals surface area (Å²) in [6, 6.07) is 1.87. The molecule has 4 nitrogen and oxygen atoms in total. The van der Waals surface area contributed by atoms with Gasteiger partial charge in [-0.3, -0.25) is 9.88 Å². The summed E-state index contributed by atoms with van der Waals surface area (Å²) in [7, 11) is 0. The summed E-state index contributed by atoms with van der Waals surface area (Å²) < 4.78 is 5.21. The molecule has 1 aliphatic heterocycles. The third-order valence-corrected chi connectivity index (χ3v) is 2.55. The molecule has 1 aromatic heterocycles. The van der Waals surface area contributed by atoms with E-state index >= 15 is 0 Å². The molecule has 16 heavy (non-hydrogen) atoms. The molecule has 4 heteroatoms. The third-order valence-electron chi connectivity index (χ3n) is 2.55. The molecule has 0 radical (unpaired) electrons. The molecule has 0 atom stereocenters. The highest BCUT2D eigenvalue weighted by atomic mass is 16.6. The molecule has 86 valence electrons. The number of hydrogen-bond donors (Lipinski definition) is 0. The van der Waals surface area contributed by atoms with Crippen LogP contribution in [0.15, 0.2) is 18.5 Å². The Balaban J connectivity index is 2.21. The number of nitrogens with zero attached hydrogens (tertiary/aromatic N) is 2. The van der Waals surface area contributed by atoms with E-state index < -0.39 is 0 Å². The maximum Gasteiger partial charge on any atom is 0.414 e. The number of hydrogen-bond acceptors (Lipinski definition) is 3. The van der Waals surface area contributed by atoms with E-state index in [1.54, 1.807) is 11.1 Å². The Labute approximate surface area is 95.2 Å². The second-order valence-corrected chi connectivity index (χ2v) is 4.19. The monoisotopic (exact) mass is 220 g/mol. The highest BCUT2D eigenvalue weighted by Gasteiger charge is 2.23. The minimum absolute atomic E-state index is 0.0836. The molecule has 0 saturated carbocycles. The van der Waals surface area contributed by atoms with E-state index in [0.717, 1.165) is 30.6 Å². The molecule has 1 aliphatic rings. The number of carbonyl (C=O) groups excluding carboxylic acids is 1. The summed E-state index contributed by atoms with van der Waals surface area (Å²) in [5.74, 6) is 0. The standard InChI is InChI=1S/C12H16N2O2/c1-9(2)16-12(15)14-7-3-4-10-8-13-6-5-11(10)14/h5-6,8-9H,3-4,7H2,1-2H3. The van der Waals surface area contributed by atoms with E-state index in [4.69, 9.17) is 4.74 Å². The normalized spacial score (nSPS) is 14.8. The largest absolute Gasteiger partial charge is 0.446 e. The van der Waals surface area contributed by atoms with Gasteiger partial charge in [0.15, 0.2) is 0 Å². The van der Waals surface area contributed by atoms with E-state index in [9.17, 15) is 4.79 Å². The van der Waals surface area contributed by atoms with Crippen LogP contribution in [-0.4, -0.2) is 23.7 Å². The van der Waals surface area contributed by atoms with Crippen molar-refractivity contribution in [2.24, 2.45) is 0 Å². The zero-order valence-corrected chi connectivity index (χ0v) is 9.64. The third kappa shape index (κ3) is 2.15. The van der Waals surface area contributed by atoms with Crippen molar-refractivity contribution in [1.82, 2.24) is 4.98 Å². The fourth-order valence-corrected chi connectivity index (χ4v) is 1.88. The lowest BCUT2D eigenvalue weighted by molar-refractivity contribution is 0.122. The number of aromatic nitrogens is 1. The van der Waals surface area contributed by atoms with Crippen LogP contribution in [0.1, 0.15) is 25.8 Å². The number of pyridine rings is 1. The van der Waals surface area contributed by atoms with Crippen LogP contribution in [0.5, 0.6) is 0 Å². The first kappa shape index (κ1) is 10.9. The Morgan fingerprint density at radius 2 is 2.38 bits per heavy atom. The van der Waals surface area contributed by atoms with Crippen molar-refractivity contribution in [3.63, 3.8) is 0 Å². The van der Waals surface area contributed by atoms with Crippen LogP contribution >= 0.6 is 0 Å². The van der Waals surface area contributed by atoms with Gasteiger partial charge in [0.25, 0.3) is 0 Å². The molecular formula is C12H16N2O2. The predicted molar refractivity (Wildman–Crippen MR) is 61.5 cm³/mol. The molecule has 0 N–H and O–H groups in total. The van der Waals surface area contributed by atoms with Gasteiger partial charge in [-0.05, 0) is 38.3 Å². The molecule has 0 aromatic carbocycles. The predicted octanol–water partition coefficient (Wildman–Crippen LogP) is 2.38. The highest BCUT2D eigenvalue weighted by Crippen LogP contribution is 2.26. The van der Waals surface area contributed by atoms with E-state index in [0.29, 0.717) is 0 Å². The van der Waals surface area contributed by atoms with Gasteiger partial charge in [0.05, 0.1) is 11.8 Å². The number of aryl methyl sites for hydroxylation is 1. The van der Waals surface area contributed by atoms with E-state index in [-0.39, 0.29) is 12.2 Å². The van der Waals surface area contributed by atoms with E-state index in [2.05, 4.69) is 4.98 Å². The molecule has 1 amide bonds. The first-order valence-corrected chi connectivity index (χ1v) is 5.59. The highest BCUT2D eigenvalue weighted by molar-refractivity contribution is 5.89. The molecule has 2 rings (SSSR count). The molecule has 0 fully saturated rings. The lowest BCUT2D eigenvalue weighted by Gasteiger charge is -2.28. The van der Waals surface area contributed by atoms with Crippen molar-refractivity contribution in [2.45, 2.75) is 32.8 Å².